The van der Waals surface area contributed by atoms with Gasteiger partial charge in [-0.05, 0) is 39.5 Å². The molecular weight excluding hydrogens is 171 g/mol. The molecule has 0 unspecified atom stereocenters. The van der Waals surface area contributed by atoms with Gasteiger partial charge in [-0.1, -0.05) is 0 Å². The molecule has 0 aromatic carbocycles. The van der Waals surface area contributed by atoms with Gasteiger partial charge >= 0.3 is 0 Å². The Balaban J connectivity index is 2.29. The maximum Gasteiger partial charge on any atom is 0.178 e. The molecular formula is C9H14O2P. The predicted molar refractivity (Wildman–Crippen MR) is 50.6 cm³/mol. The zero-order chi connectivity index (χ0) is 8.81. The average Bonchev–Trinajstić information content (AvgIpc) is 2.56. The molecule has 1 aliphatic carbocycles. The monoisotopic (exact) mass is 185 g/mol. The standard InChI is InChI=1S/C9H14O2P/c1-3-10-12(11-4-2)9-7-5-6-8-9/h5-8H,3-4H2,1-2H3. The minimum Gasteiger partial charge on any atom is -0.334 e. The van der Waals surface area contributed by atoms with E-state index in [2.05, 4.69) is 0 Å². The lowest BCUT2D eigenvalue weighted by Crippen LogP contribution is -1.98. The zero-order valence-electron chi connectivity index (χ0n) is 7.49. The van der Waals surface area contributed by atoms with Crippen LogP contribution in [0.3, 0.4) is 0 Å². The Hall–Kier alpha value is 0.350. The van der Waals surface area contributed by atoms with Crippen LogP contribution >= 0.6 is 8.38 Å². The summed E-state index contributed by atoms with van der Waals surface area (Å²) in [6.07, 6.45) is 8.08. The molecule has 0 aliphatic heterocycles. The Morgan fingerprint density at radius 3 is 2.00 bits per heavy atom. The third-order valence-electron chi connectivity index (χ3n) is 1.35. The summed E-state index contributed by atoms with van der Waals surface area (Å²) < 4.78 is 10.9. The average molecular weight is 185 g/mol. The molecule has 1 aliphatic rings. The first kappa shape index (κ1) is 10.4. The topological polar surface area (TPSA) is 18.5 Å². The van der Waals surface area contributed by atoms with Crippen molar-refractivity contribution in [3.63, 3.8) is 0 Å². The summed E-state index contributed by atoms with van der Waals surface area (Å²) in [5.41, 5.74) is 1.16. The second kappa shape index (κ2) is 5.90. The predicted octanol–water partition coefficient (Wildman–Crippen LogP) is 2.73. The molecule has 1 saturated carbocycles. The molecule has 0 aromatic rings. The third kappa shape index (κ3) is 3.01. The normalized spacial score (nSPS) is 19.2. The first-order valence-electron chi connectivity index (χ1n) is 4.16. The van der Waals surface area contributed by atoms with E-state index in [-0.39, 0.29) is 0 Å². The quantitative estimate of drug-likeness (QED) is 0.613. The lowest BCUT2D eigenvalue weighted by atomic mass is 10.4. The lowest BCUT2D eigenvalue weighted by molar-refractivity contribution is 0.272. The molecule has 0 spiro atoms. The highest BCUT2D eigenvalue weighted by Gasteiger charge is 2.28. The molecule has 0 N–H and O–H groups in total. The molecule has 0 saturated heterocycles. The maximum absolute atomic E-state index is 5.47. The van der Waals surface area contributed by atoms with Gasteiger partial charge in [0, 0.05) is 0 Å². The van der Waals surface area contributed by atoms with Crippen molar-refractivity contribution in [3.8, 4) is 0 Å². The van der Waals surface area contributed by atoms with Gasteiger partial charge in [-0.3, -0.25) is 0 Å². The molecule has 0 aromatic heterocycles. The molecule has 2 nitrogen and oxygen atoms in total. The smallest absolute Gasteiger partial charge is 0.178 e. The fraction of sp³-hybridized carbons (Fsp3) is 0.444. The van der Waals surface area contributed by atoms with Crippen LogP contribution in [0.4, 0.5) is 0 Å². The van der Waals surface area contributed by atoms with Gasteiger partial charge in [0.05, 0.1) is 18.9 Å². The van der Waals surface area contributed by atoms with Crippen LogP contribution in [0.25, 0.3) is 0 Å². The fourth-order valence-electron chi connectivity index (χ4n) is 0.906. The van der Waals surface area contributed by atoms with Gasteiger partial charge in [0.15, 0.2) is 8.38 Å². The van der Waals surface area contributed by atoms with E-state index in [1.165, 1.54) is 0 Å². The van der Waals surface area contributed by atoms with Crippen LogP contribution in [0, 0.1) is 31.3 Å². The summed E-state index contributed by atoms with van der Waals surface area (Å²) in [6, 6.07) is 0. The number of hydrogen-bond donors (Lipinski definition) is 0. The van der Waals surface area contributed by atoms with Crippen LogP contribution in [-0.2, 0) is 9.05 Å². The van der Waals surface area contributed by atoms with Gasteiger partial charge in [0.1, 0.15) is 0 Å². The molecule has 3 heteroatoms. The highest BCUT2D eigenvalue weighted by atomic mass is 31.2. The Morgan fingerprint density at radius 1 is 1.08 bits per heavy atom. The first-order valence-corrected chi connectivity index (χ1v) is 5.34. The van der Waals surface area contributed by atoms with Crippen molar-refractivity contribution < 1.29 is 9.05 Å². The highest BCUT2D eigenvalue weighted by Crippen LogP contribution is 2.54. The van der Waals surface area contributed by atoms with E-state index >= 15 is 0 Å². The molecule has 67 valence electrons. The van der Waals surface area contributed by atoms with E-state index in [0.717, 1.165) is 5.66 Å². The summed E-state index contributed by atoms with van der Waals surface area (Å²) in [4.78, 5) is 0. The van der Waals surface area contributed by atoms with Gasteiger partial charge < -0.3 is 9.05 Å². The second-order valence-corrected chi connectivity index (χ2v) is 3.78. The summed E-state index contributed by atoms with van der Waals surface area (Å²) in [5.74, 6) is 0. The van der Waals surface area contributed by atoms with E-state index in [4.69, 9.17) is 9.05 Å². The van der Waals surface area contributed by atoms with E-state index in [1.807, 2.05) is 39.5 Å². The van der Waals surface area contributed by atoms with E-state index in [0.29, 0.717) is 13.2 Å². The van der Waals surface area contributed by atoms with Crippen molar-refractivity contribution in [1.82, 2.24) is 0 Å². The van der Waals surface area contributed by atoms with E-state index < -0.39 is 8.38 Å². The Morgan fingerprint density at radius 2 is 1.58 bits per heavy atom. The van der Waals surface area contributed by atoms with Crippen LogP contribution in [0.15, 0.2) is 0 Å². The molecule has 0 heterocycles. The second-order valence-electron chi connectivity index (χ2n) is 2.24. The van der Waals surface area contributed by atoms with E-state index in [1.54, 1.807) is 0 Å². The molecule has 0 atom stereocenters. The van der Waals surface area contributed by atoms with Crippen molar-refractivity contribution in [2.75, 3.05) is 13.2 Å². The van der Waals surface area contributed by atoms with Gasteiger partial charge in [0.2, 0.25) is 0 Å². The number of rotatable bonds is 5. The lowest BCUT2D eigenvalue weighted by Gasteiger charge is -2.20. The van der Waals surface area contributed by atoms with Crippen LogP contribution in [0.2, 0.25) is 0 Å². The largest absolute Gasteiger partial charge is 0.334 e. The molecule has 0 bridgehead atoms. The van der Waals surface area contributed by atoms with Crippen molar-refractivity contribution in [2.45, 2.75) is 13.8 Å². The van der Waals surface area contributed by atoms with Gasteiger partial charge in [0.25, 0.3) is 0 Å². The summed E-state index contributed by atoms with van der Waals surface area (Å²) >= 11 is 0. The first-order chi connectivity index (χ1) is 5.88. The molecule has 12 heavy (non-hydrogen) atoms. The van der Waals surface area contributed by atoms with Gasteiger partial charge in [-0.25, -0.2) is 0 Å². The summed E-state index contributed by atoms with van der Waals surface area (Å²) in [7, 11) is -0.819. The Kier molecular flexibility index (Phi) is 5.13. The highest BCUT2D eigenvalue weighted by molar-refractivity contribution is 7.51. The van der Waals surface area contributed by atoms with Gasteiger partial charge in [-0.2, -0.15) is 0 Å². The van der Waals surface area contributed by atoms with Crippen molar-refractivity contribution in [3.05, 3.63) is 31.3 Å². The Labute approximate surface area is 76.6 Å². The minimum atomic E-state index is -0.819. The summed E-state index contributed by atoms with van der Waals surface area (Å²) in [6.45, 7) is 5.38. The van der Waals surface area contributed by atoms with Crippen LogP contribution < -0.4 is 0 Å². The van der Waals surface area contributed by atoms with Crippen LogP contribution in [-0.4, -0.2) is 13.2 Å². The van der Waals surface area contributed by atoms with Crippen molar-refractivity contribution >= 4 is 8.38 Å². The fourth-order valence-corrected chi connectivity index (χ4v) is 2.16. The molecule has 0 amide bonds. The van der Waals surface area contributed by atoms with Crippen molar-refractivity contribution in [2.24, 2.45) is 0 Å². The zero-order valence-corrected chi connectivity index (χ0v) is 8.38. The SMILES string of the molecule is CCOP(OCC)[C]1[CH][CH][CH][CH]1. The molecule has 5 radical (unpaired) electrons. The van der Waals surface area contributed by atoms with Gasteiger partial charge in [-0.15, -0.1) is 0 Å². The summed E-state index contributed by atoms with van der Waals surface area (Å²) in [5, 5.41) is 0. The maximum atomic E-state index is 5.47. The third-order valence-corrected chi connectivity index (χ3v) is 3.05. The van der Waals surface area contributed by atoms with E-state index in [9.17, 15) is 0 Å². The van der Waals surface area contributed by atoms with Crippen LogP contribution in [0.1, 0.15) is 13.8 Å². The Bertz CT molecular complexity index is 107. The van der Waals surface area contributed by atoms with Crippen LogP contribution in [0.5, 0.6) is 0 Å². The minimum absolute atomic E-state index is 0.705. The van der Waals surface area contributed by atoms with Crippen molar-refractivity contribution in [1.29, 1.82) is 0 Å². The molecule has 1 rings (SSSR count). The number of hydrogen-bond acceptors (Lipinski definition) is 2. The molecule has 1 fully saturated rings.